The zero-order chi connectivity index (χ0) is 12.1. The summed E-state index contributed by atoms with van der Waals surface area (Å²) in [6.45, 7) is 3.45. The summed E-state index contributed by atoms with van der Waals surface area (Å²) in [7, 11) is 0. The van der Waals surface area contributed by atoms with E-state index in [0.717, 1.165) is 6.08 Å². The summed E-state index contributed by atoms with van der Waals surface area (Å²) in [4.78, 5) is 20.7. The Bertz CT molecular complexity index is 419. The fourth-order valence-electron chi connectivity index (χ4n) is 0.952. The molecule has 0 unspecified atom stereocenters. The topological polar surface area (TPSA) is 82.6 Å². The Morgan fingerprint density at radius 3 is 2.75 bits per heavy atom. The number of rotatable bonds is 4. The molecule has 1 aromatic heterocycles. The highest BCUT2D eigenvalue weighted by Gasteiger charge is 2.10. The van der Waals surface area contributed by atoms with Crippen LogP contribution in [0.2, 0.25) is 0 Å². The third kappa shape index (κ3) is 3.56. The van der Waals surface area contributed by atoms with Gasteiger partial charge in [0.25, 0.3) is 0 Å². The zero-order valence-electron chi connectivity index (χ0n) is 8.88. The summed E-state index contributed by atoms with van der Waals surface area (Å²) >= 11 is 0. The minimum atomic E-state index is -0.649. The van der Waals surface area contributed by atoms with E-state index in [4.69, 9.17) is 9.15 Å². The van der Waals surface area contributed by atoms with E-state index in [-0.39, 0.29) is 17.7 Å². The van der Waals surface area contributed by atoms with Gasteiger partial charge in [-0.2, -0.15) is 0 Å². The number of carbonyl (C=O) groups is 1. The van der Waals surface area contributed by atoms with Gasteiger partial charge in [0.15, 0.2) is 0 Å². The Labute approximate surface area is 91.7 Å². The van der Waals surface area contributed by atoms with E-state index in [1.165, 1.54) is 18.2 Å². The number of furan rings is 1. The average Bonchev–Trinajstić information content (AvgIpc) is 2.61. The summed E-state index contributed by atoms with van der Waals surface area (Å²) in [6, 6.07) is 2.62. The minimum absolute atomic E-state index is 0.205. The molecule has 0 bridgehead atoms. The first kappa shape index (κ1) is 12.0. The van der Waals surface area contributed by atoms with Gasteiger partial charge in [-0.1, -0.05) is 0 Å². The van der Waals surface area contributed by atoms with Crippen molar-refractivity contribution in [1.29, 1.82) is 0 Å². The van der Waals surface area contributed by atoms with Crippen molar-refractivity contribution in [3.63, 3.8) is 0 Å². The van der Waals surface area contributed by atoms with Gasteiger partial charge in [-0.15, -0.1) is 0 Å². The standard InChI is InChI=1S/C10H11NO5/c1-7(2)15-10(12)6-4-8-3-5-9(16-8)11(13)14/h3-7H,1-2H3/b6-4+. The lowest BCUT2D eigenvalue weighted by Crippen LogP contribution is -2.08. The van der Waals surface area contributed by atoms with Crippen LogP contribution in [0.1, 0.15) is 19.6 Å². The number of ether oxygens (including phenoxy) is 1. The van der Waals surface area contributed by atoms with E-state index in [9.17, 15) is 14.9 Å². The maximum Gasteiger partial charge on any atom is 0.433 e. The third-order valence-corrected chi connectivity index (χ3v) is 1.53. The van der Waals surface area contributed by atoms with Gasteiger partial charge in [0.1, 0.15) is 10.7 Å². The Balaban J connectivity index is 2.62. The molecule has 0 radical (unpaired) electrons. The van der Waals surface area contributed by atoms with Crippen LogP contribution in [0.25, 0.3) is 6.08 Å². The fourth-order valence-corrected chi connectivity index (χ4v) is 0.952. The van der Waals surface area contributed by atoms with Gasteiger partial charge in [-0.3, -0.25) is 10.1 Å². The molecule has 0 fully saturated rings. The largest absolute Gasteiger partial charge is 0.460 e. The zero-order valence-corrected chi connectivity index (χ0v) is 8.88. The normalized spacial score (nSPS) is 10.9. The number of carbonyl (C=O) groups excluding carboxylic acids is 1. The Morgan fingerprint density at radius 2 is 2.25 bits per heavy atom. The Kier molecular flexibility index (Phi) is 3.82. The van der Waals surface area contributed by atoms with E-state index in [0.29, 0.717) is 0 Å². The summed E-state index contributed by atoms with van der Waals surface area (Å²) in [6.07, 6.45) is 2.27. The lowest BCUT2D eigenvalue weighted by atomic mass is 10.4. The highest BCUT2D eigenvalue weighted by atomic mass is 16.6. The second-order valence-electron chi connectivity index (χ2n) is 3.25. The predicted molar refractivity (Wildman–Crippen MR) is 55.6 cm³/mol. The maximum atomic E-state index is 11.1. The van der Waals surface area contributed by atoms with Gasteiger partial charge in [0.05, 0.1) is 12.2 Å². The first-order valence-corrected chi connectivity index (χ1v) is 4.62. The summed E-state index contributed by atoms with van der Waals surface area (Å²) in [5.41, 5.74) is 0. The molecule has 0 saturated carbocycles. The van der Waals surface area contributed by atoms with Crippen molar-refractivity contribution < 1.29 is 18.9 Å². The molecule has 16 heavy (non-hydrogen) atoms. The molecule has 0 aliphatic rings. The molecular weight excluding hydrogens is 214 g/mol. The first-order chi connectivity index (χ1) is 7.49. The van der Waals surface area contributed by atoms with E-state index in [2.05, 4.69) is 0 Å². The van der Waals surface area contributed by atoms with E-state index >= 15 is 0 Å². The second-order valence-corrected chi connectivity index (χ2v) is 3.25. The Hall–Kier alpha value is -2.11. The Morgan fingerprint density at radius 1 is 1.56 bits per heavy atom. The number of esters is 1. The van der Waals surface area contributed by atoms with Crippen molar-refractivity contribution in [2.75, 3.05) is 0 Å². The van der Waals surface area contributed by atoms with Crippen LogP contribution in [0.15, 0.2) is 22.6 Å². The molecule has 0 amide bonds. The molecule has 1 rings (SSSR count). The van der Waals surface area contributed by atoms with Gasteiger partial charge in [0, 0.05) is 6.08 Å². The van der Waals surface area contributed by atoms with Crippen molar-refractivity contribution >= 4 is 17.9 Å². The van der Waals surface area contributed by atoms with Crippen LogP contribution in [0.3, 0.4) is 0 Å². The van der Waals surface area contributed by atoms with E-state index in [1.54, 1.807) is 13.8 Å². The SMILES string of the molecule is CC(C)OC(=O)/C=C/c1ccc([N+](=O)[O-])o1. The molecular formula is C10H11NO5. The van der Waals surface area contributed by atoms with Crippen LogP contribution < -0.4 is 0 Å². The lowest BCUT2D eigenvalue weighted by Gasteiger charge is -2.03. The van der Waals surface area contributed by atoms with Crippen molar-refractivity contribution in [1.82, 2.24) is 0 Å². The van der Waals surface area contributed by atoms with E-state index < -0.39 is 10.9 Å². The number of nitro groups is 1. The van der Waals surface area contributed by atoms with Crippen LogP contribution in [-0.4, -0.2) is 17.0 Å². The quantitative estimate of drug-likeness (QED) is 0.339. The van der Waals surface area contributed by atoms with Crippen LogP contribution in [0, 0.1) is 10.1 Å². The van der Waals surface area contributed by atoms with Crippen molar-refractivity contribution in [3.05, 3.63) is 34.1 Å². The summed E-state index contributed by atoms with van der Waals surface area (Å²) < 4.78 is 9.63. The monoisotopic (exact) mass is 225 g/mol. The van der Waals surface area contributed by atoms with Crippen LogP contribution in [-0.2, 0) is 9.53 Å². The molecule has 6 nitrogen and oxygen atoms in total. The molecule has 0 aliphatic carbocycles. The third-order valence-electron chi connectivity index (χ3n) is 1.53. The number of nitrogens with zero attached hydrogens (tertiary/aromatic N) is 1. The molecule has 0 saturated heterocycles. The van der Waals surface area contributed by atoms with Gasteiger partial charge >= 0.3 is 11.9 Å². The molecule has 0 aliphatic heterocycles. The smallest absolute Gasteiger partial charge is 0.433 e. The molecule has 6 heteroatoms. The van der Waals surface area contributed by atoms with Crippen LogP contribution >= 0.6 is 0 Å². The van der Waals surface area contributed by atoms with Crippen molar-refractivity contribution in [2.24, 2.45) is 0 Å². The van der Waals surface area contributed by atoms with Gasteiger partial charge < -0.3 is 9.15 Å². The van der Waals surface area contributed by atoms with Crippen molar-refractivity contribution in [3.8, 4) is 0 Å². The molecule has 86 valence electrons. The molecule has 1 heterocycles. The van der Waals surface area contributed by atoms with Gasteiger partial charge in [-0.25, -0.2) is 4.79 Å². The maximum absolute atomic E-state index is 11.1. The summed E-state index contributed by atoms with van der Waals surface area (Å²) in [5.74, 6) is -0.654. The van der Waals surface area contributed by atoms with Crippen LogP contribution in [0.5, 0.6) is 0 Å². The van der Waals surface area contributed by atoms with Gasteiger partial charge in [-0.05, 0) is 26.0 Å². The highest BCUT2D eigenvalue weighted by molar-refractivity contribution is 5.86. The van der Waals surface area contributed by atoms with E-state index in [1.807, 2.05) is 0 Å². The molecule has 0 spiro atoms. The predicted octanol–water partition coefficient (Wildman–Crippen LogP) is 2.15. The fraction of sp³-hybridized carbons (Fsp3) is 0.300. The molecule has 0 N–H and O–H groups in total. The number of hydrogen-bond donors (Lipinski definition) is 0. The molecule has 0 aromatic carbocycles. The average molecular weight is 225 g/mol. The van der Waals surface area contributed by atoms with Crippen LogP contribution in [0.4, 0.5) is 5.88 Å². The van der Waals surface area contributed by atoms with Crippen molar-refractivity contribution in [2.45, 2.75) is 20.0 Å². The molecule has 1 aromatic rings. The molecule has 0 atom stereocenters. The second kappa shape index (κ2) is 5.11. The van der Waals surface area contributed by atoms with Gasteiger partial charge in [0.2, 0.25) is 0 Å². The number of hydrogen-bond acceptors (Lipinski definition) is 5. The minimum Gasteiger partial charge on any atom is -0.460 e. The summed E-state index contributed by atoms with van der Waals surface area (Å²) in [5, 5.41) is 10.3. The lowest BCUT2D eigenvalue weighted by molar-refractivity contribution is -0.402. The first-order valence-electron chi connectivity index (χ1n) is 4.62. The highest BCUT2D eigenvalue weighted by Crippen LogP contribution is 2.16.